The van der Waals surface area contributed by atoms with Crippen LogP contribution in [0.2, 0.25) is 10.0 Å². The molecule has 0 saturated heterocycles. The molecule has 0 aliphatic heterocycles. The second-order valence-electron chi connectivity index (χ2n) is 7.24. The fourth-order valence-electron chi connectivity index (χ4n) is 3.29. The minimum Gasteiger partial charge on any atom is -0.467 e. The first-order valence-electron chi connectivity index (χ1n) is 9.78. The Morgan fingerprint density at radius 1 is 1.18 bits per heavy atom. The SMILES string of the molecule is Cn1c(SCC(=O)NCc2ccco2)nc2c1c(=O)n(Cc1ccc(Cl)cc1Cl)c(=O)n2C. The van der Waals surface area contributed by atoms with Crippen LogP contribution in [0.3, 0.4) is 0 Å². The van der Waals surface area contributed by atoms with E-state index in [2.05, 4.69) is 10.3 Å². The van der Waals surface area contributed by atoms with Crippen molar-refractivity contribution in [2.45, 2.75) is 18.2 Å². The second-order valence-corrected chi connectivity index (χ2v) is 9.03. The number of nitrogens with zero attached hydrogens (tertiary/aromatic N) is 4. The molecule has 12 heteroatoms. The van der Waals surface area contributed by atoms with Gasteiger partial charge in [0.2, 0.25) is 5.91 Å². The zero-order valence-electron chi connectivity index (χ0n) is 17.7. The molecule has 0 spiro atoms. The number of hydrogen-bond acceptors (Lipinski definition) is 6. The number of halogens is 2. The summed E-state index contributed by atoms with van der Waals surface area (Å²) in [5.74, 6) is 0.514. The molecule has 4 aromatic rings. The molecule has 9 nitrogen and oxygen atoms in total. The van der Waals surface area contributed by atoms with E-state index in [1.54, 1.807) is 49.0 Å². The van der Waals surface area contributed by atoms with Gasteiger partial charge < -0.3 is 14.3 Å². The van der Waals surface area contributed by atoms with Crippen LogP contribution in [0.4, 0.5) is 0 Å². The Morgan fingerprint density at radius 3 is 2.67 bits per heavy atom. The lowest BCUT2D eigenvalue weighted by Crippen LogP contribution is -2.39. The Morgan fingerprint density at radius 2 is 1.97 bits per heavy atom. The van der Waals surface area contributed by atoms with Gasteiger partial charge in [-0.1, -0.05) is 41.0 Å². The molecule has 0 saturated carbocycles. The predicted molar refractivity (Wildman–Crippen MR) is 127 cm³/mol. The summed E-state index contributed by atoms with van der Waals surface area (Å²) in [6.07, 6.45) is 1.54. The number of thioether (sulfide) groups is 1. The first kappa shape index (κ1) is 23.2. The third kappa shape index (κ3) is 4.73. The topological polar surface area (TPSA) is 104 Å². The molecule has 4 rings (SSSR count). The number of benzene rings is 1. The summed E-state index contributed by atoms with van der Waals surface area (Å²) in [7, 11) is 3.21. The molecule has 172 valence electrons. The fraction of sp³-hybridized carbons (Fsp3) is 0.238. The second kappa shape index (κ2) is 9.50. The van der Waals surface area contributed by atoms with Gasteiger partial charge >= 0.3 is 5.69 Å². The van der Waals surface area contributed by atoms with E-state index in [4.69, 9.17) is 27.6 Å². The van der Waals surface area contributed by atoms with Crippen LogP contribution in [0.15, 0.2) is 55.8 Å². The van der Waals surface area contributed by atoms with E-state index in [1.165, 1.54) is 22.6 Å². The Kier molecular flexibility index (Phi) is 6.68. The average Bonchev–Trinajstić information content (AvgIpc) is 3.41. The molecule has 0 bridgehead atoms. The van der Waals surface area contributed by atoms with Crippen LogP contribution in [-0.2, 0) is 32.0 Å². The summed E-state index contributed by atoms with van der Waals surface area (Å²) >= 11 is 13.3. The highest BCUT2D eigenvalue weighted by molar-refractivity contribution is 7.99. The van der Waals surface area contributed by atoms with E-state index >= 15 is 0 Å². The fourth-order valence-corrected chi connectivity index (χ4v) is 4.56. The Bertz CT molecular complexity index is 1460. The van der Waals surface area contributed by atoms with E-state index < -0.39 is 11.2 Å². The molecular formula is C21H19Cl2N5O4S. The average molecular weight is 508 g/mol. The summed E-state index contributed by atoms with van der Waals surface area (Å²) in [5, 5.41) is 4.01. The molecule has 3 heterocycles. The molecule has 3 aromatic heterocycles. The van der Waals surface area contributed by atoms with Crippen LogP contribution in [0.25, 0.3) is 11.2 Å². The third-order valence-corrected chi connectivity index (χ3v) is 6.65. The van der Waals surface area contributed by atoms with E-state index in [9.17, 15) is 14.4 Å². The molecule has 1 aromatic carbocycles. The number of fused-ring (bicyclic) bond motifs is 1. The Labute approximate surface area is 201 Å². The van der Waals surface area contributed by atoms with Crippen LogP contribution in [0.1, 0.15) is 11.3 Å². The number of furan rings is 1. The Balaban J connectivity index is 1.60. The van der Waals surface area contributed by atoms with Gasteiger partial charge in [0.05, 0.1) is 25.1 Å². The number of hydrogen-bond donors (Lipinski definition) is 1. The smallest absolute Gasteiger partial charge is 0.332 e. The quantitative estimate of drug-likeness (QED) is 0.385. The van der Waals surface area contributed by atoms with Crippen molar-refractivity contribution in [3.05, 3.63) is 78.8 Å². The van der Waals surface area contributed by atoms with E-state index in [-0.39, 0.29) is 35.9 Å². The predicted octanol–water partition coefficient (Wildman–Crippen LogP) is 2.79. The van der Waals surface area contributed by atoms with Gasteiger partial charge in [0, 0.05) is 24.1 Å². The van der Waals surface area contributed by atoms with Crippen molar-refractivity contribution in [3.63, 3.8) is 0 Å². The number of nitrogens with one attached hydrogen (secondary N) is 1. The maximum absolute atomic E-state index is 13.2. The van der Waals surface area contributed by atoms with Crippen molar-refractivity contribution in [2.24, 2.45) is 14.1 Å². The van der Waals surface area contributed by atoms with Crippen LogP contribution in [0, 0.1) is 0 Å². The van der Waals surface area contributed by atoms with Crippen LogP contribution >= 0.6 is 35.0 Å². The van der Waals surface area contributed by atoms with Crippen molar-refractivity contribution in [1.29, 1.82) is 0 Å². The molecule has 1 amide bonds. The molecule has 0 fully saturated rings. The molecular weight excluding hydrogens is 489 g/mol. The van der Waals surface area contributed by atoms with Gasteiger partial charge in [0.1, 0.15) is 5.76 Å². The van der Waals surface area contributed by atoms with Crippen LogP contribution in [0.5, 0.6) is 0 Å². The zero-order chi connectivity index (χ0) is 23.7. The standard InChI is InChI=1S/C21H19Cl2N5O4S/c1-26-17-18(25-20(26)33-11-16(29)24-9-14-4-3-7-32-14)27(2)21(31)28(19(17)30)10-12-5-6-13(22)8-15(12)23/h3-8H,9-11H2,1-2H3,(H,24,29). The van der Waals surface area contributed by atoms with E-state index in [0.717, 1.165) is 4.57 Å². The van der Waals surface area contributed by atoms with E-state index in [1.807, 2.05) is 0 Å². The maximum Gasteiger partial charge on any atom is 0.332 e. The van der Waals surface area contributed by atoms with Crippen LogP contribution in [-0.4, -0.2) is 30.3 Å². The molecule has 0 aliphatic rings. The first-order valence-corrected chi connectivity index (χ1v) is 11.5. The monoisotopic (exact) mass is 507 g/mol. The number of amides is 1. The highest BCUT2D eigenvalue weighted by Gasteiger charge is 2.20. The Hall–Kier alpha value is -2.95. The molecule has 0 unspecified atom stereocenters. The van der Waals surface area contributed by atoms with Gasteiger partial charge in [-0.3, -0.25) is 18.7 Å². The largest absolute Gasteiger partial charge is 0.467 e. The van der Waals surface area contributed by atoms with Gasteiger partial charge in [0.15, 0.2) is 16.3 Å². The van der Waals surface area contributed by atoms with Crippen molar-refractivity contribution < 1.29 is 9.21 Å². The molecule has 0 atom stereocenters. The van der Waals surface area contributed by atoms with Crippen molar-refractivity contribution in [2.75, 3.05) is 5.75 Å². The van der Waals surface area contributed by atoms with Gasteiger partial charge in [-0.15, -0.1) is 0 Å². The summed E-state index contributed by atoms with van der Waals surface area (Å²) in [6.45, 7) is 0.266. The third-order valence-electron chi connectivity index (χ3n) is 5.03. The van der Waals surface area contributed by atoms with Crippen LogP contribution < -0.4 is 16.6 Å². The van der Waals surface area contributed by atoms with E-state index in [0.29, 0.717) is 26.5 Å². The number of aromatic nitrogens is 4. The highest BCUT2D eigenvalue weighted by Crippen LogP contribution is 2.22. The molecule has 0 radical (unpaired) electrons. The van der Waals surface area contributed by atoms with Crippen molar-refractivity contribution in [3.8, 4) is 0 Å². The lowest BCUT2D eigenvalue weighted by molar-refractivity contribution is -0.118. The van der Waals surface area contributed by atoms with Crippen molar-refractivity contribution >= 4 is 52.0 Å². The molecule has 1 N–H and O–H groups in total. The highest BCUT2D eigenvalue weighted by atomic mass is 35.5. The zero-order valence-corrected chi connectivity index (χ0v) is 20.0. The summed E-state index contributed by atoms with van der Waals surface area (Å²) in [4.78, 5) is 42.7. The number of carbonyl (C=O) groups is 1. The maximum atomic E-state index is 13.2. The summed E-state index contributed by atoms with van der Waals surface area (Å²) in [6, 6.07) is 8.39. The van der Waals surface area contributed by atoms with Gasteiger partial charge in [0.25, 0.3) is 5.56 Å². The number of carbonyl (C=O) groups excluding carboxylic acids is 1. The number of imidazole rings is 1. The lowest BCUT2D eigenvalue weighted by Gasteiger charge is -2.10. The summed E-state index contributed by atoms with van der Waals surface area (Å²) in [5.41, 5.74) is 0.0577. The minimum absolute atomic E-state index is 0.0136. The normalized spacial score (nSPS) is 11.3. The summed E-state index contributed by atoms with van der Waals surface area (Å²) < 4.78 is 9.18. The molecule has 0 aliphatic carbocycles. The van der Waals surface area contributed by atoms with Crippen molar-refractivity contribution in [1.82, 2.24) is 24.0 Å². The lowest BCUT2D eigenvalue weighted by atomic mass is 10.2. The minimum atomic E-state index is -0.524. The van der Waals surface area contributed by atoms with Gasteiger partial charge in [-0.2, -0.15) is 0 Å². The number of aryl methyl sites for hydroxylation is 2. The first-order chi connectivity index (χ1) is 15.8. The van der Waals surface area contributed by atoms with Gasteiger partial charge in [-0.05, 0) is 29.8 Å². The molecule has 33 heavy (non-hydrogen) atoms. The number of rotatable bonds is 7. The van der Waals surface area contributed by atoms with Gasteiger partial charge in [-0.25, -0.2) is 9.78 Å².